The molecule has 0 saturated heterocycles. The van der Waals surface area contributed by atoms with E-state index in [0.717, 1.165) is 25.0 Å². The Labute approximate surface area is 107 Å². The van der Waals surface area contributed by atoms with Crippen molar-refractivity contribution in [2.45, 2.75) is 45.1 Å². The van der Waals surface area contributed by atoms with Gasteiger partial charge in [0.05, 0.1) is 11.8 Å². The topological polar surface area (TPSA) is 75.4 Å². The molecule has 0 aromatic carbocycles. The van der Waals surface area contributed by atoms with Gasteiger partial charge in [0.25, 0.3) is 5.91 Å². The fourth-order valence-corrected chi connectivity index (χ4v) is 1.83. The molecular formula is C13H20N2O3. The van der Waals surface area contributed by atoms with Gasteiger partial charge in [-0.2, -0.15) is 0 Å². The molecule has 0 bridgehead atoms. The van der Waals surface area contributed by atoms with E-state index in [1.54, 1.807) is 0 Å². The molecule has 2 N–H and O–H groups in total. The molecule has 1 aromatic rings. The lowest BCUT2D eigenvalue weighted by atomic mass is 10.0. The standard InChI is InChI=1S/C13H20N2O3/c1-3-8(2)11(16)6-14-13(17)10-7-18-15-12(10)9-4-5-9/h7-9,11,16H,3-6H2,1-2H3,(H,14,17)/t8-,11-/m0/s1. The van der Waals surface area contributed by atoms with Crippen molar-refractivity contribution >= 4 is 5.91 Å². The van der Waals surface area contributed by atoms with Crippen molar-refractivity contribution in [1.82, 2.24) is 10.5 Å². The molecule has 1 aromatic heterocycles. The highest BCUT2D eigenvalue weighted by atomic mass is 16.5. The summed E-state index contributed by atoms with van der Waals surface area (Å²) in [5.74, 6) is 0.347. The molecule has 2 atom stereocenters. The van der Waals surface area contributed by atoms with E-state index in [4.69, 9.17) is 4.52 Å². The van der Waals surface area contributed by atoms with Crippen LogP contribution in [0.25, 0.3) is 0 Å². The van der Waals surface area contributed by atoms with Crippen LogP contribution in [0.15, 0.2) is 10.8 Å². The second-order valence-corrected chi connectivity index (χ2v) is 5.05. The first kappa shape index (κ1) is 13.1. The minimum atomic E-state index is -0.511. The Morgan fingerprint density at radius 1 is 1.67 bits per heavy atom. The number of carbonyl (C=O) groups is 1. The monoisotopic (exact) mass is 252 g/mol. The van der Waals surface area contributed by atoms with Gasteiger partial charge in [-0.05, 0) is 18.8 Å². The maximum atomic E-state index is 12.0. The van der Waals surface area contributed by atoms with E-state index in [2.05, 4.69) is 10.5 Å². The van der Waals surface area contributed by atoms with Crippen LogP contribution < -0.4 is 5.32 Å². The average Bonchev–Trinajstić information content (AvgIpc) is 3.11. The molecule has 1 heterocycles. The number of aromatic nitrogens is 1. The molecule has 18 heavy (non-hydrogen) atoms. The van der Waals surface area contributed by atoms with Crippen molar-refractivity contribution in [3.63, 3.8) is 0 Å². The molecule has 5 nitrogen and oxygen atoms in total. The number of hydrogen-bond acceptors (Lipinski definition) is 4. The third-order valence-corrected chi connectivity index (χ3v) is 3.58. The lowest BCUT2D eigenvalue weighted by molar-refractivity contribution is 0.0849. The highest BCUT2D eigenvalue weighted by molar-refractivity contribution is 5.95. The summed E-state index contributed by atoms with van der Waals surface area (Å²) in [4.78, 5) is 12.0. The third-order valence-electron chi connectivity index (χ3n) is 3.58. The zero-order valence-corrected chi connectivity index (χ0v) is 10.8. The van der Waals surface area contributed by atoms with Gasteiger partial charge in [-0.15, -0.1) is 0 Å². The van der Waals surface area contributed by atoms with Gasteiger partial charge >= 0.3 is 0 Å². The largest absolute Gasteiger partial charge is 0.391 e. The molecule has 1 aliphatic carbocycles. The normalized spacial score (nSPS) is 18.4. The van der Waals surface area contributed by atoms with Crippen LogP contribution in [0.5, 0.6) is 0 Å². The summed E-state index contributed by atoms with van der Waals surface area (Å²) in [7, 11) is 0. The summed E-state index contributed by atoms with van der Waals surface area (Å²) >= 11 is 0. The van der Waals surface area contributed by atoms with Crippen LogP contribution in [-0.2, 0) is 0 Å². The fourth-order valence-electron chi connectivity index (χ4n) is 1.83. The Hall–Kier alpha value is -1.36. The second kappa shape index (κ2) is 5.52. The predicted octanol–water partition coefficient (Wildman–Crippen LogP) is 1.69. The number of aliphatic hydroxyl groups is 1. The van der Waals surface area contributed by atoms with Gasteiger partial charge in [-0.3, -0.25) is 4.79 Å². The van der Waals surface area contributed by atoms with Crippen molar-refractivity contribution < 1.29 is 14.4 Å². The van der Waals surface area contributed by atoms with Crippen molar-refractivity contribution in [3.8, 4) is 0 Å². The molecule has 0 radical (unpaired) electrons. The highest BCUT2D eigenvalue weighted by Gasteiger charge is 2.31. The number of hydrogen-bond donors (Lipinski definition) is 2. The van der Waals surface area contributed by atoms with Gasteiger partial charge in [0.1, 0.15) is 11.8 Å². The van der Waals surface area contributed by atoms with Gasteiger partial charge in [0.2, 0.25) is 0 Å². The van der Waals surface area contributed by atoms with Gasteiger partial charge in [0, 0.05) is 12.5 Å². The molecule has 100 valence electrons. The Kier molecular flexibility index (Phi) is 4.01. The zero-order chi connectivity index (χ0) is 13.1. The first-order chi connectivity index (χ1) is 8.63. The smallest absolute Gasteiger partial charge is 0.256 e. The highest BCUT2D eigenvalue weighted by Crippen LogP contribution is 2.40. The van der Waals surface area contributed by atoms with Crippen LogP contribution in [0.3, 0.4) is 0 Å². The first-order valence-corrected chi connectivity index (χ1v) is 6.54. The predicted molar refractivity (Wildman–Crippen MR) is 66.3 cm³/mol. The lowest BCUT2D eigenvalue weighted by Gasteiger charge is -2.17. The molecule has 2 rings (SSSR count). The average molecular weight is 252 g/mol. The quantitative estimate of drug-likeness (QED) is 0.807. The van der Waals surface area contributed by atoms with Crippen LogP contribution in [0, 0.1) is 5.92 Å². The van der Waals surface area contributed by atoms with Crippen molar-refractivity contribution in [2.24, 2.45) is 5.92 Å². The molecule has 1 amide bonds. The number of nitrogens with zero attached hydrogens (tertiary/aromatic N) is 1. The first-order valence-electron chi connectivity index (χ1n) is 6.54. The number of carbonyl (C=O) groups excluding carboxylic acids is 1. The molecule has 1 fully saturated rings. The van der Waals surface area contributed by atoms with Crippen molar-refractivity contribution in [2.75, 3.05) is 6.54 Å². The zero-order valence-electron chi connectivity index (χ0n) is 10.8. The van der Waals surface area contributed by atoms with E-state index in [1.807, 2.05) is 13.8 Å². The summed E-state index contributed by atoms with van der Waals surface area (Å²) in [6.45, 7) is 4.25. The van der Waals surface area contributed by atoms with E-state index >= 15 is 0 Å². The molecule has 1 saturated carbocycles. The van der Waals surface area contributed by atoms with Crippen LogP contribution in [-0.4, -0.2) is 28.8 Å². The van der Waals surface area contributed by atoms with Crippen LogP contribution in [0.4, 0.5) is 0 Å². The van der Waals surface area contributed by atoms with Gasteiger partial charge in [-0.1, -0.05) is 25.4 Å². The Morgan fingerprint density at radius 3 is 3.00 bits per heavy atom. The second-order valence-electron chi connectivity index (χ2n) is 5.05. The molecule has 0 unspecified atom stereocenters. The van der Waals surface area contributed by atoms with Crippen LogP contribution in [0.1, 0.15) is 55.1 Å². The van der Waals surface area contributed by atoms with E-state index < -0.39 is 6.10 Å². The maximum Gasteiger partial charge on any atom is 0.256 e. The molecular weight excluding hydrogens is 232 g/mol. The summed E-state index contributed by atoms with van der Waals surface area (Å²) in [5.41, 5.74) is 1.26. The number of nitrogens with one attached hydrogen (secondary N) is 1. The molecule has 0 spiro atoms. The minimum absolute atomic E-state index is 0.177. The van der Waals surface area contributed by atoms with Crippen LogP contribution in [0.2, 0.25) is 0 Å². The van der Waals surface area contributed by atoms with Crippen molar-refractivity contribution in [3.05, 3.63) is 17.5 Å². The van der Waals surface area contributed by atoms with Crippen LogP contribution >= 0.6 is 0 Å². The van der Waals surface area contributed by atoms with E-state index in [9.17, 15) is 9.90 Å². The molecule has 0 aliphatic heterocycles. The summed E-state index contributed by atoms with van der Waals surface area (Å²) < 4.78 is 4.87. The Bertz CT molecular complexity index is 412. The van der Waals surface area contributed by atoms with Gasteiger partial charge in [-0.25, -0.2) is 0 Å². The number of rotatable bonds is 6. The van der Waals surface area contributed by atoms with E-state index in [1.165, 1.54) is 6.26 Å². The lowest BCUT2D eigenvalue weighted by Crippen LogP contribution is -2.35. The van der Waals surface area contributed by atoms with Gasteiger partial charge < -0.3 is 14.9 Å². The summed E-state index contributed by atoms with van der Waals surface area (Å²) in [6, 6.07) is 0. The van der Waals surface area contributed by atoms with Crippen molar-refractivity contribution in [1.29, 1.82) is 0 Å². The number of aliphatic hydroxyl groups excluding tert-OH is 1. The van der Waals surface area contributed by atoms with E-state index in [-0.39, 0.29) is 18.4 Å². The minimum Gasteiger partial charge on any atom is -0.391 e. The Balaban J connectivity index is 1.89. The fraction of sp³-hybridized carbons (Fsp3) is 0.692. The third kappa shape index (κ3) is 2.90. The van der Waals surface area contributed by atoms with E-state index in [0.29, 0.717) is 11.5 Å². The summed E-state index contributed by atoms with van der Waals surface area (Å²) in [5, 5.41) is 16.4. The molecule has 5 heteroatoms. The molecule has 1 aliphatic rings. The Morgan fingerprint density at radius 2 is 2.39 bits per heavy atom. The SMILES string of the molecule is CC[C@H](C)[C@@H](O)CNC(=O)c1conc1C1CC1. The summed E-state index contributed by atoms with van der Waals surface area (Å²) in [6.07, 6.45) is 3.91. The maximum absolute atomic E-state index is 12.0. The van der Waals surface area contributed by atoms with Gasteiger partial charge in [0.15, 0.2) is 0 Å². The number of amides is 1.